The summed E-state index contributed by atoms with van der Waals surface area (Å²) in [6.07, 6.45) is 0.600. The van der Waals surface area contributed by atoms with Crippen molar-refractivity contribution in [2.45, 2.75) is 19.1 Å². The molecule has 1 heterocycles. The molecule has 1 aromatic rings. The van der Waals surface area contributed by atoms with E-state index in [0.29, 0.717) is 11.3 Å². The first-order valence-corrected chi connectivity index (χ1v) is 4.24. The second-order valence-electron chi connectivity index (χ2n) is 2.95. The van der Waals surface area contributed by atoms with E-state index < -0.39 is 12.1 Å². The van der Waals surface area contributed by atoms with Crippen molar-refractivity contribution in [1.29, 1.82) is 0 Å². The number of rotatable bonds is 2. The minimum Gasteiger partial charge on any atom is -0.397 e. The van der Waals surface area contributed by atoms with Crippen LogP contribution in [0, 0.1) is 0 Å². The lowest BCUT2D eigenvalue weighted by atomic mass is 10.1. The van der Waals surface area contributed by atoms with E-state index in [2.05, 4.69) is 4.98 Å². The van der Waals surface area contributed by atoms with Gasteiger partial charge in [0.25, 0.3) is 0 Å². The molecule has 0 saturated carbocycles. The van der Waals surface area contributed by atoms with Crippen LogP contribution in [0.1, 0.15) is 18.6 Å². The van der Waals surface area contributed by atoms with Gasteiger partial charge in [0.05, 0.1) is 18.0 Å². The van der Waals surface area contributed by atoms with Crippen LogP contribution in [-0.2, 0) is 0 Å². The number of aromatic nitrogens is 1. The van der Waals surface area contributed by atoms with Gasteiger partial charge >= 0.3 is 0 Å². The number of halogens is 1. The highest BCUT2D eigenvalue weighted by molar-refractivity contribution is 6.30. The molecule has 1 aromatic heterocycles. The number of anilines is 1. The largest absolute Gasteiger partial charge is 0.397 e. The molecule has 0 aromatic carbocycles. The Labute approximate surface area is 81.5 Å². The van der Waals surface area contributed by atoms with Gasteiger partial charge in [-0.05, 0) is 13.0 Å². The Balaban J connectivity index is 3.05. The average Bonchev–Trinajstić information content (AvgIpc) is 2.08. The number of nitrogen functional groups attached to an aromatic ring is 1. The third kappa shape index (κ3) is 2.30. The van der Waals surface area contributed by atoms with E-state index in [1.807, 2.05) is 0 Å². The van der Waals surface area contributed by atoms with Crippen LogP contribution in [-0.4, -0.2) is 16.1 Å². The van der Waals surface area contributed by atoms with Gasteiger partial charge in [-0.25, -0.2) is 4.98 Å². The SMILES string of the molecule is C[C@@H](N)[C@H](O)c1cc(N)cnc1Cl. The maximum absolute atomic E-state index is 9.60. The Hall–Kier alpha value is -0.840. The van der Waals surface area contributed by atoms with E-state index in [-0.39, 0.29) is 5.15 Å². The maximum Gasteiger partial charge on any atom is 0.135 e. The topological polar surface area (TPSA) is 85.2 Å². The first-order chi connectivity index (χ1) is 6.02. The fourth-order valence-corrected chi connectivity index (χ4v) is 1.19. The molecular formula is C8H12ClN3O. The summed E-state index contributed by atoms with van der Waals surface area (Å²) in [4.78, 5) is 3.81. The van der Waals surface area contributed by atoms with Crippen molar-refractivity contribution in [3.63, 3.8) is 0 Å². The molecule has 0 bridgehead atoms. The summed E-state index contributed by atoms with van der Waals surface area (Å²) in [5, 5.41) is 9.83. The highest BCUT2D eigenvalue weighted by atomic mass is 35.5. The third-order valence-electron chi connectivity index (χ3n) is 1.70. The first-order valence-electron chi connectivity index (χ1n) is 3.87. The highest BCUT2D eigenvalue weighted by Gasteiger charge is 2.16. The van der Waals surface area contributed by atoms with Gasteiger partial charge in [0, 0.05) is 11.6 Å². The fourth-order valence-electron chi connectivity index (χ4n) is 0.973. The monoisotopic (exact) mass is 201 g/mol. The number of nitrogens with zero attached hydrogens (tertiary/aromatic N) is 1. The summed E-state index contributed by atoms with van der Waals surface area (Å²) in [6, 6.07) is 1.17. The molecule has 0 fully saturated rings. The van der Waals surface area contributed by atoms with Crippen molar-refractivity contribution in [3.8, 4) is 0 Å². The van der Waals surface area contributed by atoms with Gasteiger partial charge in [-0.3, -0.25) is 0 Å². The molecule has 0 radical (unpaired) electrons. The Morgan fingerprint density at radius 3 is 2.77 bits per heavy atom. The van der Waals surface area contributed by atoms with Crippen LogP contribution in [0.4, 0.5) is 5.69 Å². The lowest BCUT2D eigenvalue weighted by Gasteiger charge is -2.15. The summed E-state index contributed by atoms with van der Waals surface area (Å²) in [5.74, 6) is 0. The summed E-state index contributed by atoms with van der Waals surface area (Å²) in [6.45, 7) is 1.68. The van der Waals surface area contributed by atoms with Gasteiger partial charge in [-0.15, -0.1) is 0 Å². The van der Waals surface area contributed by atoms with E-state index in [0.717, 1.165) is 0 Å². The van der Waals surface area contributed by atoms with E-state index in [9.17, 15) is 5.11 Å². The molecule has 13 heavy (non-hydrogen) atoms. The van der Waals surface area contributed by atoms with Gasteiger partial charge in [-0.2, -0.15) is 0 Å². The van der Waals surface area contributed by atoms with E-state index in [4.69, 9.17) is 23.1 Å². The number of pyridine rings is 1. The second-order valence-corrected chi connectivity index (χ2v) is 3.31. The fraction of sp³-hybridized carbons (Fsp3) is 0.375. The van der Waals surface area contributed by atoms with Crippen LogP contribution < -0.4 is 11.5 Å². The van der Waals surface area contributed by atoms with Crippen LogP contribution >= 0.6 is 11.6 Å². The summed E-state index contributed by atoms with van der Waals surface area (Å²) in [7, 11) is 0. The van der Waals surface area contributed by atoms with Gasteiger partial charge in [-0.1, -0.05) is 11.6 Å². The van der Waals surface area contributed by atoms with Crippen LogP contribution in [0.3, 0.4) is 0 Å². The molecule has 5 N–H and O–H groups in total. The minimum absolute atomic E-state index is 0.235. The molecule has 2 atom stereocenters. The van der Waals surface area contributed by atoms with Crippen molar-refractivity contribution < 1.29 is 5.11 Å². The van der Waals surface area contributed by atoms with Crippen LogP contribution in [0.15, 0.2) is 12.3 Å². The predicted molar refractivity (Wildman–Crippen MR) is 52.3 cm³/mol. The molecule has 4 nitrogen and oxygen atoms in total. The maximum atomic E-state index is 9.60. The number of hydrogen-bond acceptors (Lipinski definition) is 4. The van der Waals surface area contributed by atoms with Gasteiger partial charge in [0.1, 0.15) is 5.15 Å². The quantitative estimate of drug-likeness (QED) is 0.615. The molecule has 0 aliphatic rings. The van der Waals surface area contributed by atoms with Gasteiger partial charge in [0.2, 0.25) is 0 Å². The molecule has 0 spiro atoms. The van der Waals surface area contributed by atoms with E-state index in [1.54, 1.807) is 13.0 Å². The average molecular weight is 202 g/mol. The number of aliphatic hydroxyl groups is 1. The number of hydrogen-bond donors (Lipinski definition) is 3. The van der Waals surface area contributed by atoms with Crippen molar-refractivity contribution in [2.75, 3.05) is 5.73 Å². The zero-order chi connectivity index (χ0) is 10.0. The normalized spacial score (nSPS) is 15.4. The molecule has 1 rings (SSSR count). The lowest BCUT2D eigenvalue weighted by Crippen LogP contribution is -2.24. The molecule has 0 saturated heterocycles. The molecule has 0 aliphatic heterocycles. The summed E-state index contributed by atoms with van der Waals surface area (Å²) >= 11 is 5.75. The summed E-state index contributed by atoms with van der Waals surface area (Å²) < 4.78 is 0. The van der Waals surface area contributed by atoms with Crippen molar-refractivity contribution in [2.24, 2.45) is 5.73 Å². The van der Waals surface area contributed by atoms with Crippen molar-refractivity contribution in [3.05, 3.63) is 23.0 Å². The molecule has 5 heteroatoms. The number of aliphatic hydroxyl groups excluding tert-OH is 1. The van der Waals surface area contributed by atoms with Crippen molar-refractivity contribution in [1.82, 2.24) is 4.98 Å². The Morgan fingerprint density at radius 1 is 1.62 bits per heavy atom. The molecular weight excluding hydrogens is 190 g/mol. The second kappa shape index (κ2) is 3.91. The molecule has 0 aliphatic carbocycles. The van der Waals surface area contributed by atoms with Crippen LogP contribution in [0.25, 0.3) is 0 Å². The van der Waals surface area contributed by atoms with Gasteiger partial charge in [0.15, 0.2) is 0 Å². The molecule has 0 unspecified atom stereocenters. The van der Waals surface area contributed by atoms with Gasteiger partial charge < -0.3 is 16.6 Å². The Kier molecular flexibility index (Phi) is 3.08. The third-order valence-corrected chi connectivity index (χ3v) is 2.02. The van der Waals surface area contributed by atoms with E-state index >= 15 is 0 Å². The zero-order valence-electron chi connectivity index (χ0n) is 7.24. The number of nitrogens with two attached hydrogens (primary N) is 2. The molecule has 0 amide bonds. The van der Waals surface area contributed by atoms with Crippen LogP contribution in [0.5, 0.6) is 0 Å². The predicted octanol–water partition coefficient (Wildman–Crippen LogP) is 0.698. The lowest BCUT2D eigenvalue weighted by molar-refractivity contribution is 0.153. The zero-order valence-corrected chi connectivity index (χ0v) is 7.99. The Morgan fingerprint density at radius 2 is 2.23 bits per heavy atom. The highest BCUT2D eigenvalue weighted by Crippen LogP contribution is 2.24. The standard InChI is InChI=1S/C8H12ClN3O/c1-4(10)7(13)6-2-5(11)3-12-8(6)9/h2-4,7,13H,10-11H2,1H3/t4-,7+/m1/s1. The van der Waals surface area contributed by atoms with Crippen LogP contribution in [0.2, 0.25) is 5.15 Å². The Bertz CT molecular complexity index is 303. The molecule has 72 valence electrons. The van der Waals surface area contributed by atoms with E-state index in [1.165, 1.54) is 6.20 Å². The smallest absolute Gasteiger partial charge is 0.135 e. The summed E-state index contributed by atoms with van der Waals surface area (Å²) in [5.41, 5.74) is 11.9. The minimum atomic E-state index is -0.830. The van der Waals surface area contributed by atoms with Crippen molar-refractivity contribution >= 4 is 17.3 Å². The first kappa shape index (κ1) is 10.2.